The van der Waals surface area contributed by atoms with Gasteiger partial charge in [0.1, 0.15) is 29.1 Å². The lowest BCUT2D eigenvalue weighted by atomic mass is 9.94. The lowest BCUT2D eigenvalue weighted by Gasteiger charge is -2.31. The van der Waals surface area contributed by atoms with Crippen LogP contribution in [0.1, 0.15) is 50.5 Å². The van der Waals surface area contributed by atoms with Crippen LogP contribution in [0.25, 0.3) is 11.1 Å². The SMILES string of the molecule is C[C@@H](Oc1cncc(-c2cc(F)c3c(c2)CCN(C(=O)OC(C)(C)C)C3)c1)c1c(Cl)ccc(F)c1Cl. The maximum atomic E-state index is 15.2. The van der Waals surface area contributed by atoms with Gasteiger partial charge in [0.05, 0.1) is 17.8 Å². The summed E-state index contributed by atoms with van der Waals surface area (Å²) in [5.74, 6) is -0.604. The van der Waals surface area contributed by atoms with Gasteiger partial charge in [0.25, 0.3) is 0 Å². The van der Waals surface area contributed by atoms with Gasteiger partial charge in [-0.15, -0.1) is 0 Å². The van der Waals surface area contributed by atoms with Crippen molar-refractivity contribution in [1.29, 1.82) is 0 Å². The fraction of sp³-hybridized carbons (Fsp3) is 0.333. The summed E-state index contributed by atoms with van der Waals surface area (Å²) in [6.45, 7) is 7.66. The third-order valence-corrected chi connectivity index (χ3v) is 6.50. The molecule has 2 heterocycles. The van der Waals surface area contributed by atoms with Crippen LogP contribution in [0.2, 0.25) is 10.0 Å². The second-order valence-corrected chi connectivity index (χ2v) is 10.5. The van der Waals surface area contributed by atoms with Gasteiger partial charge in [-0.25, -0.2) is 13.6 Å². The molecule has 0 saturated carbocycles. The molecule has 0 radical (unpaired) electrons. The number of pyridine rings is 1. The Kier molecular flexibility index (Phi) is 7.43. The number of carbonyl (C=O) groups excluding carboxylic acids is 1. The summed E-state index contributed by atoms with van der Waals surface area (Å²) in [6.07, 6.45) is 2.50. The molecular weight excluding hydrogens is 509 g/mol. The molecule has 0 unspecified atom stereocenters. The monoisotopic (exact) mass is 534 g/mol. The number of nitrogens with zero attached hydrogens (tertiary/aromatic N) is 2. The Hall–Kier alpha value is -2.90. The highest BCUT2D eigenvalue weighted by Gasteiger charge is 2.28. The number of benzene rings is 2. The van der Waals surface area contributed by atoms with Crippen LogP contribution in [0.15, 0.2) is 42.7 Å². The Labute approximate surface area is 218 Å². The van der Waals surface area contributed by atoms with Gasteiger partial charge in [0.15, 0.2) is 0 Å². The number of aromatic nitrogens is 1. The average molecular weight is 535 g/mol. The predicted molar refractivity (Wildman–Crippen MR) is 135 cm³/mol. The van der Waals surface area contributed by atoms with Gasteiger partial charge in [-0.3, -0.25) is 4.98 Å². The van der Waals surface area contributed by atoms with Crippen LogP contribution in [-0.4, -0.2) is 28.1 Å². The van der Waals surface area contributed by atoms with Gasteiger partial charge in [-0.2, -0.15) is 0 Å². The topological polar surface area (TPSA) is 51.7 Å². The first-order chi connectivity index (χ1) is 16.9. The zero-order valence-corrected chi connectivity index (χ0v) is 21.9. The highest BCUT2D eigenvalue weighted by Crippen LogP contribution is 2.36. The fourth-order valence-electron chi connectivity index (χ4n) is 4.09. The molecule has 2 aromatic carbocycles. The van der Waals surface area contributed by atoms with Gasteiger partial charge in [-0.1, -0.05) is 29.3 Å². The summed E-state index contributed by atoms with van der Waals surface area (Å²) in [4.78, 5) is 18.2. The summed E-state index contributed by atoms with van der Waals surface area (Å²) in [6, 6.07) is 7.66. The smallest absolute Gasteiger partial charge is 0.410 e. The molecule has 9 heteroatoms. The van der Waals surface area contributed by atoms with Crippen LogP contribution in [0, 0.1) is 11.6 Å². The molecule has 0 N–H and O–H groups in total. The minimum Gasteiger partial charge on any atom is -0.484 e. The first-order valence-electron chi connectivity index (χ1n) is 11.5. The van der Waals surface area contributed by atoms with Crippen molar-refractivity contribution in [2.45, 2.75) is 52.4 Å². The molecule has 1 aliphatic rings. The van der Waals surface area contributed by atoms with Crippen LogP contribution >= 0.6 is 23.2 Å². The number of carbonyl (C=O) groups is 1. The van der Waals surface area contributed by atoms with Crippen molar-refractivity contribution in [3.8, 4) is 16.9 Å². The summed E-state index contributed by atoms with van der Waals surface area (Å²) in [5, 5.41) is 0.187. The molecule has 5 nitrogen and oxygen atoms in total. The van der Waals surface area contributed by atoms with E-state index >= 15 is 4.39 Å². The number of halogens is 4. The number of amides is 1. The molecule has 3 aromatic rings. The van der Waals surface area contributed by atoms with Crippen molar-refractivity contribution < 1.29 is 23.0 Å². The van der Waals surface area contributed by atoms with Crippen LogP contribution in [-0.2, 0) is 17.7 Å². The van der Waals surface area contributed by atoms with E-state index in [9.17, 15) is 9.18 Å². The van der Waals surface area contributed by atoms with Crippen molar-refractivity contribution in [3.63, 3.8) is 0 Å². The van der Waals surface area contributed by atoms with E-state index in [0.717, 1.165) is 5.56 Å². The zero-order valence-electron chi connectivity index (χ0n) is 20.4. The third kappa shape index (κ3) is 5.73. The molecule has 0 fully saturated rings. The Bertz CT molecular complexity index is 1310. The van der Waals surface area contributed by atoms with Gasteiger partial charge >= 0.3 is 6.09 Å². The van der Waals surface area contributed by atoms with E-state index in [2.05, 4.69) is 4.98 Å². The van der Waals surface area contributed by atoms with Crippen molar-refractivity contribution in [3.05, 3.63) is 81.1 Å². The number of hydrogen-bond donors (Lipinski definition) is 0. The molecule has 0 spiro atoms. The van der Waals surface area contributed by atoms with E-state index in [-0.39, 0.29) is 16.6 Å². The highest BCUT2D eigenvalue weighted by molar-refractivity contribution is 6.36. The molecule has 0 bridgehead atoms. The minimum absolute atomic E-state index is 0.101. The number of ether oxygens (including phenoxy) is 2. The van der Waals surface area contributed by atoms with Crippen LogP contribution in [0.5, 0.6) is 5.75 Å². The van der Waals surface area contributed by atoms with E-state index in [1.54, 1.807) is 40.0 Å². The Morgan fingerprint density at radius 2 is 1.83 bits per heavy atom. The maximum absolute atomic E-state index is 15.2. The molecule has 0 saturated heterocycles. The number of hydrogen-bond acceptors (Lipinski definition) is 4. The van der Waals surface area contributed by atoms with E-state index in [1.807, 2.05) is 6.07 Å². The van der Waals surface area contributed by atoms with Gasteiger partial charge in [0.2, 0.25) is 0 Å². The van der Waals surface area contributed by atoms with E-state index < -0.39 is 29.4 Å². The first kappa shape index (κ1) is 26.2. The van der Waals surface area contributed by atoms with Crippen LogP contribution in [0.4, 0.5) is 13.6 Å². The summed E-state index contributed by atoms with van der Waals surface area (Å²) in [7, 11) is 0. The standard InChI is InChI=1S/C27H26Cl2F2N2O3/c1-15(24-21(28)5-6-22(30)25(24)29)35-19-10-18(12-32-13-19)17-9-16-7-8-33(14-20(16)23(31)11-17)26(34)36-27(2,3)4/h5-6,9-13,15H,7-8,14H2,1-4H3/t15-/m1/s1. The molecule has 190 valence electrons. The van der Waals surface area contributed by atoms with Crippen molar-refractivity contribution >= 4 is 29.3 Å². The molecule has 1 amide bonds. The van der Waals surface area contributed by atoms with Gasteiger partial charge in [0, 0.05) is 34.5 Å². The molecular formula is C27H26Cl2F2N2O3. The predicted octanol–water partition coefficient (Wildman–Crippen LogP) is 7.77. The fourth-order valence-corrected chi connectivity index (χ4v) is 4.77. The third-order valence-electron chi connectivity index (χ3n) is 5.78. The normalized spacial score (nSPS) is 14.3. The van der Waals surface area contributed by atoms with E-state index in [1.165, 1.54) is 29.3 Å². The average Bonchev–Trinajstić information content (AvgIpc) is 2.80. The van der Waals surface area contributed by atoms with Crippen molar-refractivity contribution in [2.75, 3.05) is 6.54 Å². The van der Waals surface area contributed by atoms with Crippen LogP contribution < -0.4 is 4.74 Å². The van der Waals surface area contributed by atoms with Gasteiger partial charge < -0.3 is 14.4 Å². The summed E-state index contributed by atoms with van der Waals surface area (Å²) < 4.78 is 40.5. The number of fused-ring (bicyclic) bond motifs is 1. The molecule has 1 atom stereocenters. The lowest BCUT2D eigenvalue weighted by molar-refractivity contribution is 0.0222. The summed E-state index contributed by atoms with van der Waals surface area (Å²) >= 11 is 12.3. The second kappa shape index (κ2) is 10.2. The van der Waals surface area contributed by atoms with Crippen molar-refractivity contribution in [1.82, 2.24) is 9.88 Å². The minimum atomic E-state index is -0.656. The Balaban J connectivity index is 1.55. The number of rotatable bonds is 4. The lowest BCUT2D eigenvalue weighted by Crippen LogP contribution is -2.40. The second-order valence-electron chi connectivity index (χ2n) is 9.67. The summed E-state index contributed by atoms with van der Waals surface area (Å²) in [5.41, 5.74) is 2.28. The molecule has 36 heavy (non-hydrogen) atoms. The molecule has 1 aliphatic heterocycles. The van der Waals surface area contributed by atoms with E-state index in [4.69, 9.17) is 32.7 Å². The first-order valence-corrected chi connectivity index (χ1v) is 12.2. The van der Waals surface area contributed by atoms with Gasteiger partial charge in [-0.05, 0) is 69.5 Å². The molecule has 4 rings (SSSR count). The Morgan fingerprint density at radius 3 is 2.56 bits per heavy atom. The largest absolute Gasteiger partial charge is 0.484 e. The zero-order chi connectivity index (χ0) is 26.2. The highest BCUT2D eigenvalue weighted by atomic mass is 35.5. The quantitative estimate of drug-likeness (QED) is 0.321. The van der Waals surface area contributed by atoms with Crippen molar-refractivity contribution in [2.24, 2.45) is 0 Å². The molecule has 1 aromatic heterocycles. The van der Waals surface area contributed by atoms with E-state index in [0.29, 0.717) is 41.0 Å². The molecule has 0 aliphatic carbocycles. The maximum Gasteiger partial charge on any atom is 0.410 e. The Morgan fingerprint density at radius 1 is 1.08 bits per heavy atom. The van der Waals surface area contributed by atoms with Crippen LogP contribution in [0.3, 0.4) is 0 Å².